The lowest BCUT2D eigenvalue weighted by Crippen LogP contribution is -2.44. The maximum absolute atomic E-state index is 11.4. The average molecular weight is 183 g/mol. The van der Waals surface area contributed by atoms with E-state index in [9.17, 15) is 4.79 Å². The molecule has 0 unspecified atom stereocenters. The molecule has 0 aromatic carbocycles. The van der Waals surface area contributed by atoms with Gasteiger partial charge < -0.3 is 9.80 Å². The highest BCUT2D eigenvalue weighted by Gasteiger charge is 2.29. The van der Waals surface area contributed by atoms with Crippen LogP contribution in [0.1, 0.15) is 12.8 Å². The van der Waals surface area contributed by atoms with Gasteiger partial charge in [-0.1, -0.05) is 0 Å². The standard InChI is InChI=1S/C9H17N3O/c1-11-4-2-8(3-5-11)12-7-10-6-9(12)13/h8,10H,2-7H2,1H3. The van der Waals surface area contributed by atoms with Gasteiger partial charge in [0, 0.05) is 6.04 Å². The largest absolute Gasteiger partial charge is 0.326 e. The summed E-state index contributed by atoms with van der Waals surface area (Å²) in [4.78, 5) is 15.7. The molecular formula is C9H17N3O. The van der Waals surface area contributed by atoms with E-state index < -0.39 is 0 Å². The molecule has 1 N–H and O–H groups in total. The molecule has 1 amide bonds. The van der Waals surface area contributed by atoms with Gasteiger partial charge in [0.05, 0.1) is 13.2 Å². The molecule has 4 heteroatoms. The topological polar surface area (TPSA) is 35.6 Å². The van der Waals surface area contributed by atoms with Crippen LogP contribution in [0.3, 0.4) is 0 Å². The molecule has 0 saturated carbocycles. The van der Waals surface area contributed by atoms with Crippen LogP contribution in [0.2, 0.25) is 0 Å². The Morgan fingerprint density at radius 3 is 2.62 bits per heavy atom. The molecule has 74 valence electrons. The van der Waals surface area contributed by atoms with Crippen molar-refractivity contribution >= 4 is 5.91 Å². The number of carbonyl (C=O) groups excluding carboxylic acids is 1. The van der Waals surface area contributed by atoms with E-state index in [-0.39, 0.29) is 5.91 Å². The van der Waals surface area contributed by atoms with Gasteiger partial charge in [0.2, 0.25) is 5.91 Å². The Bertz CT molecular complexity index is 199. The van der Waals surface area contributed by atoms with E-state index in [1.54, 1.807) is 0 Å². The number of nitrogens with one attached hydrogen (secondary N) is 1. The molecule has 0 aromatic heterocycles. The van der Waals surface area contributed by atoms with Gasteiger partial charge in [0.15, 0.2) is 0 Å². The van der Waals surface area contributed by atoms with Crippen LogP contribution in [0.25, 0.3) is 0 Å². The number of amides is 1. The molecule has 0 spiro atoms. The van der Waals surface area contributed by atoms with Gasteiger partial charge in [-0.05, 0) is 33.0 Å². The monoisotopic (exact) mass is 183 g/mol. The van der Waals surface area contributed by atoms with E-state index >= 15 is 0 Å². The van der Waals surface area contributed by atoms with Crippen molar-refractivity contribution in [1.82, 2.24) is 15.1 Å². The van der Waals surface area contributed by atoms with Gasteiger partial charge in [0.25, 0.3) is 0 Å². The summed E-state index contributed by atoms with van der Waals surface area (Å²) < 4.78 is 0. The normalized spacial score (nSPS) is 27.2. The number of piperidine rings is 1. The van der Waals surface area contributed by atoms with Crippen molar-refractivity contribution in [3.63, 3.8) is 0 Å². The Morgan fingerprint density at radius 2 is 2.08 bits per heavy atom. The first-order valence-corrected chi connectivity index (χ1v) is 4.96. The SMILES string of the molecule is CN1CCC(N2CNCC2=O)CC1. The molecule has 2 heterocycles. The van der Waals surface area contributed by atoms with Crippen molar-refractivity contribution in [1.29, 1.82) is 0 Å². The van der Waals surface area contributed by atoms with Gasteiger partial charge in [-0.3, -0.25) is 10.1 Å². The van der Waals surface area contributed by atoms with Crippen molar-refractivity contribution in [2.45, 2.75) is 18.9 Å². The minimum atomic E-state index is 0.273. The fourth-order valence-corrected chi connectivity index (χ4v) is 2.11. The zero-order chi connectivity index (χ0) is 9.26. The van der Waals surface area contributed by atoms with E-state index in [4.69, 9.17) is 0 Å². The van der Waals surface area contributed by atoms with Gasteiger partial charge in [-0.25, -0.2) is 0 Å². The predicted octanol–water partition coefficient (Wildman–Crippen LogP) is -0.530. The van der Waals surface area contributed by atoms with Crippen LogP contribution < -0.4 is 5.32 Å². The van der Waals surface area contributed by atoms with Crippen LogP contribution in [0, 0.1) is 0 Å². The van der Waals surface area contributed by atoms with Crippen LogP contribution in [-0.2, 0) is 4.79 Å². The van der Waals surface area contributed by atoms with Crippen LogP contribution in [0.5, 0.6) is 0 Å². The second-order valence-corrected chi connectivity index (χ2v) is 3.98. The third kappa shape index (κ3) is 1.84. The Morgan fingerprint density at radius 1 is 1.38 bits per heavy atom. The lowest BCUT2D eigenvalue weighted by atomic mass is 10.0. The first-order chi connectivity index (χ1) is 6.27. The lowest BCUT2D eigenvalue weighted by Gasteiger charge is -2.34. The molecule has 2 aliphatic heterocycles. The van der Waals surface area contributed by atoms with Gasteiger partial charge in [-0.15, -0.1) is 0 Å². The molecule has 2 fully saturated rings. The summed E-state index contributed by atoms with van der Waals surface area (Å²) in [7, 11) is 2.14. The molecule has 13 heavy (non-hydrogen) atoms. The quantitative estimate of drug-likeness (QED) is 0.593. The van der Waals surface area contributed by atoms with Gasteiger partial charge in [-0.2, -0.15) is 0 Å². The zero-order valence-corrected chi connectivity index (χ0v) is 8.12. The summed E-state index contributed by atoms with van der Waals surface area (Å²) in [5, 5.41) is 3.09. The van der Waals surface area contributed by atoms with Gasteiger partial charge >= 0.3 is 0 Å². The first-order valence-electron chi connectivity index (χ1n) is 4.96. The van der Waals surface area contributed by atoms with Gasteiger partial charge in [0.1, 0.15) is 0 Å². The predicted molar refractivity (Wildman–Crippen MR) is 50.2 cm³/mol. The number of likely N-dealkylation sites (tertiary alicyclic amines) is 1. The minimum Gasteiger partial charge on any atom is -0.326 e. The van der Waals surface area contributed by atoms with Crippen LogP contribution in [-0.4, -0.2) is 55.1 Å². The summed E-state index contributed by atoms with van der Waals surface area (Å²) in [6, 6.07) is 0.485. The van der Waals surface area contributed by atoms with E-state index in [0.717, 1.165) is 32.6 Å². The van der Waals surface area contributed by atoms with Crippen molar-refractivity contribution in [3.05, 3.63) is 0 Å². The fourth-order valence-electron chi connectivity index (χ4n) is 2.11. The second kappa shape index (κ2) is 3.64. The summed E-state index contributed by atoms with van der Waals surface area (Å²) in [6.45, 7) is 3.53. The summed E-state index contributed by atoms with van der Waals surface area (Å²) >= 11 is 0. The van der Waals surface area contributed by atoms with E-state index in [1.807, 2.05) is 4.90 Å². The number of rotatable bonds is 1. The summed E-state index contributed by atoms with van der Waals surface area (Å²) in [5.41, 5.74) is 0. The highest BCUT2D eigenvalue weighted by Crippen LogP contribution is 2.16. The molecule has 0 bridgehead atoms. The van der Waals surface area contributed by atoms with Crippen molar-refractivity contribution in [3.8, 4) is 0 Å². The van der Waals surface area contributed by atoms with Crippen LogP contribution in [0.4, 0.5) is 0 Å². The maximum atomic E-state index is 11.4. The number of hydrogen-bond acceptors (Lipinski definition) is 3. The molecule has 2 aliphatic rings. The average Bonchev–Trinajstić information content (AvgIpc) is 2.53. The highest BCUT2D eigenvalue weighted by molar-refractivity contribution is 5.80. The highest BCUT2D eigenvalue weighted by atomic mass is 16.2. The number of nitrogens with zero attached hydrogens (tertiary/aromatic N) is 2. The fraction of sp³-hybridized carbons (Fsp3) is 0.889. The smallest absolute Gasteiger partial charge is 0.237 e. The Balaban J connectivity index is 1.90. The van der Waals surface area contributed by atoms with Crippen molar-refractivity contribution in [2.75, 3.05) is 33.4 Å². The molecule has 2 saturated heterocycles. The maximum Gasteiger partial charge on any atom is 0.237 e. The van der Waals surface area contributed by atoms with Crippen LogP contribution >= 0.6 is 0 Å². The molecule has 0 aliphatic carbocycles. The van der Waals surface area contributed by atoms with Crippen LogP contribution in [0.15, 0.2) is 0 Å². The Hall–Kier alpha value is -0.610. The molecule has 0 radical (unpaired) electrons. The molecule has 0 aromatic rings. The molecule has 2 rings (SSSR count). The van der Waals surface area contributed by atoms with Crippen molar-refractivity contribution in [2.24, 2.45) is 0 Å². The third-order valence-corrected chi connectivity index (χ3v) is 3.01. The lowest BCUT2D eigenvalue weighted by molar-refractivity contribution is -0.129. The summed E-state index contributed by atoms with van der Waals surface area (Å²) in [6.07, 6.45) is 2.26. The van der Waals surface area contributed by atoms with Crippen molar-refractivity contribution < 1.29 is 4.79 Å². The van der Waals surface area contributed by atoms with E-state index in [1.165, 1.54) is 0 Å². The van der Waals surface area contributed by atoms with E-state index in [0.29, 0.717) is 12.6 Å². The Labute approximate surface area is 78.9 Å². The number of hydrogen-bond donors (Lipinski definition) is 1. The zero-order valence-electron chi connectivity index (χ0n) is 8.12. The third-order valence-electron chi connectivity index (χ3n) is 3.01. The minimum absolute atomic E-state index is 0.273. The van der Waals surface area contributed by atoms with E-state index in [2.05, 4.69) is 17.3 Å². The molecule has 0 atom stereocenters. The Kier molecular flexibility index (Phi) is 2.51. The molecular weight excluding hydrogens is 166 g/mol. The summed E-state index contributed by atoms with van der Waals surface area (Å²) in [5.74, 6) is 0.273. The molecule has 4 nitrogen and oxygen atoms in total. The first kappa shape index (κ1) is 8.97. The number of carbonyl (C=O) groups is 1. The second-order valence-electron chi connectivity index (χ2n) is 3.98.